The number of thiophene rings is 1. The van der Waals surface area contributed by atoms with Gasteiger partial charge in [0.15, 0.2) is 0 Å². The summed E-state index contributed by atoms with van der Waals surface area (Å²) in [5.74, 6) is 3.87. The maximum absolute atomic E-state index is 6.04. The average Bonchev–Trinajstić information content (AvgIpc) is 3.32. The molecule has 0 spiro atoms. The molecule has 0 radical (unpaired) electrons. The quantitative estimate of drug-likeness (QED) is 0.526. The smallest absolute Gasteiger partial charge is 0.237 e. The number of oxazole rings is 1. The zero-order valence-corrected chi connectivity index (χ0v) is 18.1. The molecule has 1 atom stereocenters. The minimum atomic E-state index is 0.515. The van der Waals surface area contributed by atoms with Gasteiger partial charge in [-0.15, -0.1) is 11.3 Å². The fraction of sp³-hybridized carbons (Fsp3) is 0.435. The summed E-state index contributed by atoms with van der Waals surface area (Å²) in [6.07, 6.45) is 2.37. The Kier molecular flexibility index (Phi) is 6.21. The van der Waals surface area contributed by atoms with Gasteiger partial charge in [-0.2, -0.15) is 0 Å². The molecule has 0 amide bonds. The Bertz CT molecular complexity index is 949. The van der Waals surface area contributed by atoms with Gasteiger partial charge in [-0.1, -0.05) is 6.07 Å². The summed E-state index contributed by atoms with van der Waals surface area (Å²) in [4.78, 5) is 8.40. The molecule has 0 saturated carbocycles. The lowest BCUT2D eigenvalue weighted by Gasteiger charge is -2.32. The third kappa shape index (κ3) is 4.82. The zero-order chi connectivity index (χ0) is 20.2. The van der Waals surface area contributed by atoms with Gasteiger partial charge in [0.05, 0.1) is 24.3 Å². The van der Waals surface area contributed by atoms with Gasteiger partial charge in [0, 0.05) is 25.1 Å². The molecule has 1 unspecified atom stereocenters. The van der Waals surface area contributed by atoms with Crippen molar-refractivity contribution < 1.29 is 13.9 Å². The molecule has 1 fully saturated rings. The molecule has 6 heteroatoms. The molecule has 0 aliphatic carbocycles. The van der Waals surface area contributed by atoms with Crippen LogP contribution in [0.25, 0.3) is 10.8 Å². The first-order valence-electron chi connectivity index (χ1n) is 10.1. The molecule has 1 aliphatic rings. The molecular formula is C23H28N2O3S. The van der Waals surface area contributed by atoms with E-state index in [0.29, 0.717) is 5.92 Å². The standard InChI is InChI=1S/C23H28N2O3S/c1-16-9-11-29-22(16)23-24-21(17(2)28-23)14-25-10-5-6-18(13-25)15-27-20-8-4-7-19(12-20)26-3/h4,7-9,11-12,18H,5-6,10,13-15H2,1-3H3. The van der Waals surface area contributed by atoms with Crippen molar-refractivity contribution in [2.75, 3.05) is 26.8 Å². The van der Waals surface area contributed by atoms with E-state index in [0.717, 1.165) is 60.0 Å². The third-order valence-electron chi connectivity index (χ3n) is 5.45. The lowest BCUT2D eigenvalue weighted by molar-refractivity contribution is 0.123. The van der Waals surface area contributed by atoms with E-state index in [4.69, 9.17) is 18.9 Å². The molecule has 4 rings (SSSR count). The summed E-state index contributed by atoms with van der Waals surface area (Å²) in [5, 5.41) is 2.08. The van der Waals surface area contributed by atoms with Gasteiger partial charge in [0.1, 0.15) is 17.3 Å². The number of likely N-dealkylation sites (tertiary alicyclic amines) is 1. The predicted molar refractivity (Wildman–Crippen MR) is 116 cm³/mol. The Morgan fingerprint density at radius 2 is 2.10 bits per heavy atom. The molecule has 5 nitrogen and oxygen atoms in total. The Morgan fingerprint density at radius 1 is 1.24 bits per heavy atom. The van der Waals surface area contributed by atoms with E-state index in [1.54, 1.807) is 18.4 Å². The fourth-order valence-electron chi connectivity index (χ4n) is 3.81. The van der Waals surface area contributed by atoms with Crippen LogP contribution in [0.1, 0.15) is 29.9 Å². The highest BCUT2D eigenvalue weighted by molar-refractivity contribution is 7.13. The van der Waals surface area contributed by atoms with Gasteiger partial charge in [-0.25, -0.2) is 4.98 Å². The van der Waals surface area contributed by atoms with Gasteiger partial charge < -0.3 is 13.9 Å². The number of hydrogen-bond acceptors (Lipinski definition) is 6. The summed E-state index contributed by atoms with van der Waals surface area (Å²) < 4.78 is 17.3. The van der Waals surface area contributed by atoms with E-state index < -0.39 is 0 Å². The van der Waals surface area contributed by atoms with Gasteiger partial charge >= 0.3 is 0 Å². The number of rotatable bonds is 7. The first kappa shape index (κ1) is 20.0. The number of piperidine rings is 1. The maximum atomic E-state index is 6.04. The van der Waals surface area contributed by atoms with E-state index in [1.807, 2.05) is 31.2 Å². The van der Waals surface area contributed by atoms with Crippen LogP contribution in [0.4, 0.5) is 0 Å². The predicted octanol–water partition coefficient (Wildman–Crippen LogP) is 5.32. The second-order valence-corrected chi connectivity index (χ2v) is 8.60. The van der Waals surface area contributed by atoms with E-state index in [1.165, 1.54) is 18.4 Å². The van der Waals surface area contributed by atoms with Crippen LogP contribution in [0.15, 0.2) is 40.1 Å². The number of benzene rings is 1. The number of methoxy groups -OCH3 is 1. The molecule has 0 N–H and O–H groups in total. The van der Waals surface area contributed by atoms with Crippen molar-refractivity contribution >= 4 is 11.3 Å². The molecule has 154 valence electrons. The lowest BCUT2D eigenvalue weighted by Crippen LogP contribution is -2.37. The third-order valence-corrected chi connectivity index (χ3v) is 6.46. The molecule has 29 heavy (non-hydrogen) atoms. The number of aryl methyl sites for hydroxylation is 2. The average molecular weight is 413 g/mol. The molecule has 1 aromatic carbocycles. The molecule has 1 aliphatic heterocycles. The van der Waals surface area contributed by atoms with Gasteiger partial charge in [-0.3, -0.25) is 4.90 Å². The Labute approximate surface area is 176 Å². The lowest BCUT2D eigenvalue weighted by atomic mass is 9.99. The summed E-state index contributed by atoms with van der Waals surface area (Å²) in [6, 6.07) is 9.92. The number of ether oxygens (including phenoxy) is 2. The van der Waals surface area contributed by atoms with Crippen LogP contribution in [0.2, 0.25) is 0 Å². The van der Waals surface area contributed by atoms with Crippen LogP contribution in [-0.2, 0) is 6.54 Å². The van der Waals surface area contributed by atoms with Crippen molar-refractivity contribution in [2.45, 2.75) is 33.2 Å². The molecule has 0 bridgehead atoms. The summed E-state index contributed by atoms with van der Waals surface area (Å²) in [7, 11) is 1.68. The number of nitrogens with zero attached hydrogens (tertiary/aromatic N) is 2. The summed E-state index contributed by atoms with van der Waals surface area (Å²) >= 11 is 1.68. The molecular weight excluding hydrogens is 384 g/mol. The van der Waals surface area contributed by atoms with Crippen LogP contribution in [0.5, 0.6) is 11.5 Å². The fourth-order valence-corrected chi connectivity index (χ4v) is 4.66. The van der Waals surface area contributed by atoms with E-state index in [9.17, 15) is 0 Å². The van der Waals surface area contributed by atoms with Crippen molar-refractivity contribution in [1.29, 1.82) is 0 Å². The largest absolute Gasteiger partial charge is 0.497 e. The van der Waals surface area contributed by atoms with Crippen molar-refractivity contribution in [3.8, 4) is 22.3 Å². The second kappa shape index (κ2) is 9.01. The topological polar surface area (TPSA) is 47.7 Å². The van der Waals surface area contributed by atoms with Gasteiger partial charge in [0.2, 0.25) is 5.89 Å². The molecule has 2 aromatic heterocycles. The van der Waals surface area contributed by atoms with Crippen LogP contribution < -0.4 is 9.47 Å². The normalized spacial score (nSPS) is 17.4. The van der Waals surface area contributed by atoms with Gasteiger partial charge in [-0.05, 0) is 62.4 Å². The summed E-state index contributed by atoms with van der Waals surface area (Å²) in [6.45, 7) is 7.78. The van der Waals surface area contributed by atoms with E-state index in [2.05, 4.69) is 23.3 Å². The molecule has 3 aromatic rings. The minimum absolute atomic E-state index is 0.515. The van der Waals surface area contributed by atoms with Crippen LogP contribution in [0, 0.1) is 19.8 Å². The second-order valence-electron chi connectivity index (χ2n) is 7.69. The van der Waals surface area contributed by atoms with Crippen LogP contribution in [0.3, 0.4) is 0 Å². The first-order valence-corrected chi connectivity index (χ1v) is 11.0. The number of aromatic nitrogens is 1. The Balaban J connectivity index is 1.35. The van der Waals surface area contributed by atoms with Crippen molar-refractivity contribution in [2.24, 2.45) is 5.92 Å². The zero-order valence-electron chi connectivity index (χ0n) is 17.3. The maximum Gasteiger partial charge on any atom is 0.237 e. The minimum Gasteiger partial charge on any atom is -0.497 e. The summed E-state index contributed by atoms with van der Waals surface area (Å²) in [5.41, 5.74) is 2.26. The van der Waals surface area contributed by atoms with Gasteiger partial charge in [0.25, 0.3) is 0 Å². The monoisotopic (exact) mass is 412 g/mol. The van der Waals surface area contributed by atoms with Crippen molar-refractivity contribution in [3.05, 3.63) is 52.7 Å². The van der Waals surface area contributed by atoms with E-state index in [-0.39, 0.29) is 0 Å². The number of hydrogen-bond donors (Lipinski definition) is 0. The highest BCUT2D eigenvalue weighted by Gasteiger charge is 2.23. The Morgan fingerprint density at radius 3 is 2.90 bits per heavy atom. The highest BCUT2D eigenvalue weighted by Crippen LogP contribution is 2.30. The highest BCUT2D eigenvalue weighted by atomic mass is 32.1. The van der Waals surface area contributed by atoms with Crippen LogP contribution in [-0.4, -0.2) is 36.7 Å². The van der Waals surface area contributed by atoms with Crippen LogP contribution >= 0.6 is 11.3 Å². The van der Waals surface area contributed by atoms with Crippen molar-refractivity contribution in [1.82, 2.24) is 9.88 Å². The SMILES string of the molecule is COc1cccc(OCC2CCCN(Cc3nc(-c4sccc4C)oc3C)C2)c1. The Hall–Kier alpha value is -2.31. The molecule has 3 heterocycles. The molecule has 1 saturated heterocycles. The first-order chi connectivity index (χ1) is 14.1. The van der Waals surface area contributed by atoms with E-state index >= 15 is 0 Å². The van der Waals surface area contributed by atoms with Crippen molar-refractivity contribution in [3.63, 3.8) is 0 Å².